The van der Waals surface area contributed by atoms with Crippen LogP contribution in [0.2, 0.25) is 0 Å². The average molecular weight is 285 g/mol. The molecule has 1 unspecified atom stereocenters. The summed E-state index contributed by atoms with van der Waals surface area (Å²) in [6.45, 7) is 3.84. The molecule has 0 aromatic heterocycles. The van der Waals surface area contributed by atoms with Crippen LogP contribution in [0.1, 0.15) is 25.8 Å². The van der Waals surface area contributed by atoms with Gasteiger partial charge in [-0.05, 0) is 24.3 Å². The van der Waals surface area contributed by atoms with Gasteiger partial charge < -0.3 is 5.11 Å². The summed E-state index contributed by atoms with van der Waals surface area (Å²) in [5.74, 6) is 0.389. The summed E-state index contributed by atoms with van der Waals surface area (Å²) in [6, 6.07) is 9.12. The van der Waals surface area contributed by atoms with E-state index >= 15 is 0 Å². The summed E-state index contributed by atoms with van der Waals surface area (Å²) in [7, 11) is -3.35. The van der Waals surface area contributed by atoms with Gasteiger partial charge in [0.1, 0.15) is 0 Å². The molecule has 0 radical (unpaired) electrons. The minimum absolute atomic E-state index is 0.0472. The number of aliphatic hydroxyl groups excluding tert-OH is 1. The molecule has 5 heteroatoms. The monoisotopic (exact) mass is 285 g/mol. The highest BCUT2D eigenvalue weighted by molar-refractivity contribution is 7.89. The average Bonchev–Trinajstić information content (AvgIpc) is 2.36. The normalized spacial score (nSPS) is 13.7. The number of aliphatic hydroxyl groups is 1. The quantitative estimate of drug-likeness (QED) is 0.761. The van der Waals surface area contributed by atoms with Crippen LogP contribution < -0.4 is 4.72 Å². The van der Waals surface area contributed by atoms with Crippen LogP contribution in [0.25, 0.3) is 0 Å². The lowest BCUT2D eigenvalue weighted by Gasteiger charge is -2.18. The van der Waals surface area contributed by atoms with Crippen LogP contribution in [0.5, 0.6) is 0 Å². The van der Waals surface area contributed by atoms with Crippen LogP contribution in [-0.2, 0) is 16.4 Å². The van der Waals surface area contributed by atoms with E-state index in [2.05, 4.69) is 4.72 Å². The van der Waals surface area contributed by atoms with E-state index in [1.165, 1.54) is 0 Å². The van der Waals surface area contributed by atoms with Crippen molar-refractivity contribution in [2.75, 3.05) is 12.4 Å². The lowest BCUT2D eigenvalue weighted by molar-refractivity contribution is 0.240. The molecule has 0 spiro atoms. The van der Waals surface area contributed by atoms with E-state index < -0.39 is 10.0 Å². The van der Waals surface area contributed by atoms with Crippen LogP contribution >= 0.6 is 0 Å². The Morgan fingerprint density at radius 1 is 1.21 bits per heavy atom. The number of hydrogen-bond acceptors (Lipinski definition) is 3. The molecule has 2 N–H and O–H groups in total. The lowest BCUT2D eigenvalue weighted by atomic mass is 10.1. The van der Waals surface area contributed by atoms with Gasteiger partial charge in [0.05, 0.1) is 12.4 Å². The van der Waals surface area contributed by atoms with Gasteiger partial charge in [-0.25, -0.2) is 13.1 Å². The second-order valence-electron chi connectivity index (χ2n) is 5.18. The van der Waals surface area contributed by atoms with E-state index in [1.807, 2.05) is 44.2 Å². The van der Waals surface area contributed by atoms with Crippen molar-refractivity contribution in [1.82, 2.24) is 4.72 Å². The van der Waals surface area contributed by atoms with Crippen molar-refractivity contribution < 1.29 is 13.5 Å². The largest absolute Gasteiger partial charge is 0.395 e. The van der Waals surface area contributed by atoms with Crippen molar-refractivity contribution in [3.05, 3.63) is 35.9 Å². The van der Waals surface area contributed by atoms with Gasteiger partial charge in [-0.15, -0.1) is 0 Å². The SMILES string of the molecule is CC(C)CC(CO)NS(=O)(=O)CCc1ccccc1. The smallest absolute Gasteiger partial charge is 0.212 e. The molecule has 0 aliphatic carbocycles. The number of benzene rings is 1. The molecule has 0 bridgehead atoms. The first-order chi connectivity index (χ1) is 8.93. The number of nitrogens with one attached hydrogen (secondary N) is 1. The fourth-order valence-corrected chi connectivity index (χ4v) is 3.24. The molecule has 4 nitrogen and oxygen atoms in total. The maximum Gasteiger partial charge on any atom is 0.212 e. The van der Waals surface area contributed by atoms with Crippen LogP contribution in [0.4, 0.5) is 0 Å². The second-order valence-corrected chi connectivity index (χ2v) is 7.05. The Labute approximate surface area is 115 Å². The molecule has 0 saturated heterocycles. The highest BCUT2D eigenvalue weighted by Gasteiger charge is 2.18. The summed E-state index contributed by atoms with van der Waals surface area (Å²) in [4.78, 5) is 0. The van der Waals surface area contributed by atoms with Gasteiger partial charge in [0.25, 0.3) is 0 Å². The molecule has 1 atom stereocenters. The van der Waals surface area contributed by atoms with Crippen molar-refractivity contribution in [3.63, 3.8) is 0 Å². The molecule has 0 fully saturated rings. The Kier molecular flexibility index (Phi) is 6.48. The van der Waals surface area contributed by atoms with E-state index in [0.29, 0.717) is 18.8 Å². The molecule has 1 aromatic carbocycles. The molecule has 19 heavy (non-hydrogen) atoms. The Morgan fingerprint density at radius 2 is 1.84 bits per heavy atom. The summed E-state index contributed by atoms with van der Waals surface area (Å²) in [6.07, 6.45) is 1.12. The highest BCUT2D eigenvalue weighted by atomic mass is 32.2. The molecule has 0 aliphatic heterocycles. The van der Waals surface area contributed by atoms with E-state index in [0.717, 1.165) is 5.56 Å². The molecule has 1 rings (SSSR count). The first-order valence-corrected chi connectivity index (χ1v) is 8.23. The second kappa shape index (κ2) is 7.62. The van der Waals surface area contributed by atoms with Gasteiger partial charge in [-0.2, -0.15) is 0 Å². The van der Waals surface area contributed by atoms with E-state index in [4.69, 9.17) is 0 Å². The van der Waals surface area contributed by atoms with Crippen LogP contribution in [0.15, 0.2) is 30.3 Å². The van der Waals surface area contributed by atoms with E-state index in [9.17, 15) is 13.5 Å². The summed E-state index contributed by atoms with van der Waals surface area (Å²) in [5, 5.41) is 9.20. The number of rotatable bonds is 8. The lowest BCUT2D eigenvalue weighted by Crippen LogP contribution is -2.40. The van der Waals surface area contributed by atoms with Crippen molar-refractivity contribution >= 4 is 10.0 Å². The maximum absolute atomic E-state index is 11.9. The number of aryl methyl sites for hydroxylation is 1. The van der Waals surface area contributed by atoms with Crippen molar-refractivity contribution in [1.29, 1.82) is 0 Å². The Balaban J connectivity index is 2.51. The fraction of sp³-hybridized carbons (Fsp3) is 0.571. The molecular weight excluding hydrogens is 262 g/mol. The summed E-state index contributed by atoms with van der Waals surface area (Å²) < 4.78 is 26.4. The number of sulfonamides is 1. The zero-order valence-electron chi connectivity index (χ0n) is 11.5. The van der Waals surface area contributed by atoms with E-state index in [1.54, 1.807) is 0 Å². The third kappa shape index (κ3) is 6.71. The van der Waals surface area contributed by atoms with Crippen molar-refractivity contribution in [2.45, 2.75) is 32.7 Å². The summed E-state index contributed by atoms with van der Waals surface area (Å²) in [5.41, 5.74) is 0.997. The van der Waals surface area contributed by atoms with Gasteiger partial charge in [0.15, 0.2) is 0 Å². The molecule has 0 aliphatic rings. The van der Waals surface area contributed by atoms with Gasteiger partial charge in [0.2, 0.25) is 10.0 Å². The molecule has 0 saturated carbocycles. The third-order valence-corrected chi connectivity index (χ3v) is 4.26. The first-order valence-electron chi connectivity index (χ1n) is 6.57. The number of hydrogen-bond donors (Lipinski definition) is 2. The molecule has 0 heterocycles. The van der Waals surface area contributed by atoms with Crippen molar-refractivity contribution in [3.8, 4) is 0 Å². The highest BCUT2D eigenvalue weighted by Crippen LogP contribution is 2.07. The van der Waals surface area contributed by atoms with Gasteiger partial charge in [0, 0.05) is 6.04 Å². The minimum Gasteiger partial charge on any atom is -0.395 e. The van der Waals surface area contributed by atoms with Crippen LogP contribution in [0, 0.1) is 5.92 Å². The Bertz CT molecular complexity index is 457. The molecular formula is C14H23NO3S. The van der Waals surface area contributed by atoms with Gasteiger partial charge >= 0.3 is 0 Å². The summed E-state index contributed by atoms with van der Waals surface area (Å²) >= 11 is 0. The third-order valence-electron chi connectivity index (χ3n) is 2.82. The van der Waals surface area contributed by atoms with E-state index in [-0.39, 0.29) is 18.4 Å². The van der Waals surface area contributed by atoms with Gasteiger partial charge in [-0.3, -0.25) is 0 Å². The fourth-order valence-electron chi connectivity index (χ4n) is 1.94. The minimum atomic E-state index is -3.35. The zero-order chi connectivity index (χ0) is 14.3. The zero-order valence-corrected chi connectivity index (χ0v) is 12.4. The maximum atomic E-state index is 11.9. The molecule has 0 amide bonds. The molecule has 108 valence electrons. The molecule has 1 aromatic rings. The predicted octanol–water partition coefficient (Wildman–Crippen LogP) is 1.56. The topological polar surface area (TPSA) is 66.4 Å². The van der Waals surface area contributed by atoms with Gasteiger partial charge in [-0.1, -0.05) is 44.2 Å². The predicted molar refractivity (Wildman–Crippen MR) is 77.4 cm³/mol. The van der Waals surface area contributed by atoms with Crippen LogP contribution in [-0.4, -0.2) is 31.9 Å². The Hall–Kier alpha value is -0.910. The standard InChI is InChI=1S/C14H23NO3S/c1-12(2)10-14(11-16)15-19(17,18)9-8-13-6-4-3-5-7-13/h3-7,12,14-16H,8-11H2,1-2H3. The van der Waals surface area contributed by atoms with Crippen molar-refractivity contribution in [2.24, 2.45) is 5.92 Å². The first kappa shape index (κ1) is 16.1. The Morgan fingerprint density at radius 3 is 2.37 bits per heavy atom. The van der Waals surface area contributed by atoms with Crippen LogP contribution in [0.3, 0.4) is 0 Å².